The lowest BCUT2D eigenvalue weighted by molar-refractivity contribution is -0.0271. The summed E-state index contributed by atoms with van der Waals surface area (Å²) < 4.78 is 6.57. The molecule has 0 spiro atoms. The largest absolute Gasteiger partial charge is 0.396 e. The van der Waals surface area contributed by atoms with Gasteiger partial charge in [-0.2, -0.15) is 0 Å². The van der Waals surface area contributed by atoms with E-state index in [-0.39, 0.29) is 6.10 Å². The van der Waals surface area contributed by atoms with Gasteiger partial charge in [-0.05, 0) is 43.4 Å². The first-order chi connectivity index (χ1) is 12.4. The summed E-state index contributed by atoms with van der Waals surface area (Å²) in [5, 5.41) is 8.91. The molecule has 1 fully saturated rings. The Morgan fingerprint density at radius 2 is 1.44 bits per heavy atom. The number of benzene rings is 2. The monoisotopic (exact) mass is 339 g/mol. The molecule has 1 heterocycles. The minimum absolute atomic E-state index is 0.00772. The Labute approximate surface area is 151 Å². The molecule has 1 N–H and O–H groups in total. The highest BCUT2D eigenvalue weighted by Gasteiger charge is 2.24. The molecule has 3 rings (SSSR count). The Morgan fingerprint density at radius 1 is 0.880 bits per heavy atom. The summed E-state index contributed by atoms with van der Waals surface area (Å²) in [7, 11) is 0. The second-order valence-electron chi connectivity index (χ2n) is 6.81. The molecule has 2 aromatic carbocycles. The first kappa shape index (κ1) is 18.1. The smallest absolute Gasteiger partial charge is 0.108 e. The highest BCUT2D eigenvalue weighted by molar-refractivity contribution is 5.30. The summed E-state index contributed by atoms with van der Waals surface area (Å²) in [6, 6.07) is 21.0. The van der Waals surface area contributed by atoms with Crippen molar-refractivity contribution in [3.8, 4) is 0 Å². The zero-order chi connectivity index (χ0) is 17.3. The molecule has 1 aliphatic heterocycles. The summed E-state index contributed by atoms with van der Waals surface area (Å²) in [4.78, 5) is 2.50. The van der Waals surface area contributed by atoms with Crippen molar-refractivity contribution in [3.05, 3.63) is 71.8 Å². The third-order valence-electron chi connectivity index (χ3n) is 4.95. The molecular formula is C22H29NO2. The summed E-state index contributed by atoms with van der Waals surface area (Å²) in [6.07, 6.45) is 4.46. The van der Waals surface area contributed by atoms with E-state index < -0.39 is 0 Å². The molecule has 3 heteroatoms. The third-order valence-corrected chi connectivity index (χ3v) is 4.95. The number of aliphatic hydroxyl groups excluding tert-OH is 1. The van der Waals surface area contributed by atoms with Crippen LogP contribution < -0.4 is 0 Å². The minimum atomic E-state index is 0.00772. The number of piperidine rings is 1. The Kier molecular flexibility index (Phi) is 7.04. The van der Waals surface area contributed by atoms with Crippen LogP contribution in [-0.4, -0.2) is 42.4 Å². The molecular weight excluding hydrogens is 310 g/mol. The van der Waals surface area contributed by atoms with Crippen molar-refractivity contribution in [2.75, 3.05) is 26.2 Å². The van der Waals surface area contributed by atoms with Crippen LogP contribution in [-0.2, 0) is 4.74 Å². The summed E-state index contributed by atoms with van der Waals surface area (Å²) in [5.41, 5.74) is 2.44. The zero-order valence-corrected chi connectivity index (χ0v) is 14.9. The fraction of sp³-hybridized carbons (Fsp3) is 0.455. The molecule has 1 aliphatic rings. The number of ether oxygens (including phenoxy) is 1. The van der Waals surface area contributed by atoms with Crippen molar-refractivity contribution in [3.63, 3.8) is 0 Å². The molecule has 0 atom stereocenters. The second-order valence-corrected chi connectivity index (χ2v) is 6.81. The zero-order valence-electron chi connectivity index (χ0n) is 14.9. The Morgan fingerprint density at radius 3 is 1.96 bits per heavy atom. The molecule has 1 saturated heterocycles. The van der Waals surface area contributed by atoms with Gasteiger partial charge in [0.1, 0.15) is 6.10 Å². The summed E-state index contributed by atoms with van der Waals surface area (Å²) in [6.45, 7) is 3.57. The van der Waals surface area contributed by atoms with Crippen molar-refractivity contribution in [2.24, 2.45) is 0 Å². The number of rotatable bonds is 8. The van der Waals surface area contributed by atoms with Gasteiger partial charge in [0.25, 0.3) is 0 Å². The lowest BCUT2D eigenvalue weighted by Crippen LogP contribution is -2.38. The van der Waals surface area contributed by atoms with Crippen molar-refractivity contribution in [1.82, 2.24) is 4.90 Å². The first-order valence-corrected chi connectivity index (χ1v) is 9.45. The van der Waals surface area contributed by atoms with Crippen LogP contribution >= 0.6 is 0 Å². The lowest BCUT2D eigenvalue weighted by Gasteiger charge is -2.34. The van der Waals surface area contributed by atoms with Crippen LogP contribution in [0.25, 0.3) is 0 Å². The summed E-state index contributed by atoms with van der Waals surface area (Å²) in [5.74, 6) is 0. The molecule has 0 aromatic heterocycles. The van der Waals surface area contributed by atoms with E-state index >= 15 is 0 Å². The van der Waals surface area contributed by atoms with Crippen molar-refractivity contribution in [2.45, 2.75) is 37.9 Å². The molecule has 134 valence electrons. The molecule has 0 aliphatic carbocycles. The van der Waals surface area contributed by atoms with Crippen LogP contribution in [0, 0.1) is 0 Å². The molecule has 25 heavy (non-hydrogen) atoms. The number of nitrogens with zero attached hydrogens (tertiary/aromatic N) is 1. The van der Waals surface area contributed by atoms with Gasteiger partial charge in [-0.1, -0.05) is 60.7 Å². The lowest BCUT2D eigenvalue weighted by atomic mass is 10.00. The molecule has 3 nitrogen and oxygen atoms in total. The van der Waals surface area contributed by atoms with Crippen LogP contribution in [0.4, 0.5) is 0 Å². The predicted octanol–water partition coefficient (Wildman–Crippen LogP) is 4.03. The average molecular weight is 339 g/mol. The highest BCUT2D eigenvalue weighted by atomic mass is 16.5. The van der Waals surface area contributed by atoms with Crippen LogP contribution in [0.5, 0.6) is 0 Å². The number of likely N-dealkylation sites (tertiary alicyclic amines) is 1. The van der Waals surface area contributed by atoms with Gasteiger partial charge in [0.15, 0.2) is 0 Å². The number of aliphatic hydroxyl groups is 1. The van der Waals surface area contributed by atoms with Crippen LogP contribution in [0.1, 0.15) is 42.9 Å². The van der Waals surface area contributed by atoms with Crippen molar-refractivity contribution < 1.29 is 9.84 Å². The van der Waals surface area contributed by atoms with Gasteiger partial charge < -0.3 is 14.7 Å². The number of hydrogen-bond donors (Lipinski definition) is 1. The molecule has 2 aromatic rings. The van der Waals surface area contributed by atoms with Gasteiger partial charge >= 0.3 is 0 Å². The van der Waals surface area contributed by atoms with E-state index in [1.807, 2.05) is 0 Å². The van der Waals surface area contributed by atoms with E-state index in [0.29, 0.717) is 12.7 Å². The third kappa shape index (κ3) is 5.40. The molecule has 0 radical (unpaired) electrons. The van der Waals surface area contributed by atoms with Gasteiger partial charge in [-0.15, -0.1) is 0 Å². The van der Waals surface area contributed by atoms with Gasteiger partial charge in [0.2, 0.25) is 0 Å². The fourth-order valence-electron chi connectivity index (χ4n) is 3.51. The van der Waals surface area contributed by atoms with E-state index in [4.69, 9.17) is 9.84 Å². The maximum absolute atomic E-state index is 8.91. The maximum atomic E-state index is 8.91. The summed E-state index contributed by atoms with van der Waals surface area (Å²) >= 11 is 0. The van der Waals surface area contributed by atoms with Crippen molar-refractivity contribution in [1.29, 1.82) is 0 Å². The van der Waals surface area contributed by atoms with Gasteiger partial charge in [0, 0.05) is 19.7 Å². The standard InChI is InChI=1S/C22H29NO2/c24-18-8-7-15-23-16-13-21(14-17-23)25-22(19-9-3-1-4-10-19)20-11-5-2-6-12-20/h1-6,9-12,21-22,24H,7-8,13-18H2. The maximum Gasteiger partial charge on any atom is 0.108 e. The number of hydrogen-bond acceptors (Lipinski definition) is 3. The van der Waals surface area contributed by atoms with E-state index in [9.17, 15) is 0 Å². The molecule has 0 saturated carbocycles. The van der Waals surface area contributed by atoms with Crippen molar-refractivity contribution >= 4 is 0 Å². The molecule has 0 bridgehead atoms. The van der Waals surface area contributed by atoms with Gasteiger partial charge in [-0.3, -0.25) is 0 Å². The van der Waals surface area contributed by atoms with E-state index in [1.54, 1.807) is 0 Å². The molecule has 0 unspecified atom stereocenters. The minimum Gasteiger partial charge on any atom is -0.396 e. The van der Waals surface area contributed by atoms with Crippen LogP contribution in [0.3, 0.4) is 0 Å². The van der Waals surface area contributed by atoms with Gasteiger partial charge in [0.05, 0.1) is 6.10 Å². The Bertz CT molecular complexity index is 554. The van der Waals surface area contributed by atoms with Crippen LogP contribution in [0.2, 0.25) is 0 Å². The SMILES string of the molecule is OCCCCN1CCC(OC(c2ccccc2)c2ccccc2)CC1. The second kappa shape index (κ2) is 9.71. The predicted molar refractivity (Wildman–Crippen MR) is 102 cm³/mol. The number of unbranched alkanes of at least 4 members (excludes halogenated alkanes) is 1. The van der Waals surface area contributed by atoms with Gasteiger partial charge in [-0.25, -0.2) is 0 Å². The normalized spacial score (nSPS) is 16.4. The first-order valence-electron chi connectivity index (χ1n) is 9.45. The average Bonchev–Trinajstić information content (AvgIpc) is 2.69. The topological polar surface area (TPSA) is 32.7 Å². The molecule has 0 amide bonds. The van der Waals surface area contributed by atoms with E-state index in [2.05, 4.69) is 65.6 Å². The quantitative estimate of drug-likeness (QED) is 0.737. The highest BCUT2D eigenvalue weighted by Crippen LogP contribution is 2.29. The fourth-order valence-corrected chi connectivity index (χ4v) is 3.51. The Balaban J connectivity index is 1.60. The van der Waals surface area contributed by atoms with Crippen LogP contribution in [0.15, 0.2) is 60.7 Å². The van der Waals surface area contributed by atoms with E-state index in [1.165, 1.54) is 11.1 Å². The van der Waals surface area contributed by atoms with E-state index in [0.717, 1.165) is 45.3 Å². The Hall–Kier alpha value is -1.68.